The molecule has 0 fully saturated rings. The van der Waals surface area contributed by atoms with Crippen molar-refractivity contribution in [3.63, 3.8) is 0 Å². The van der Waals surface area contributed by atoms with Crippen molar-refractivity contribution >= 4 is 16.9 Å². The van der Waals surface area contributed by atoms with Crippen LogP contribution in [0.5, 0.6) is 0 Å². The minimum Gasteiger partial charge on any atom is -0.314 e. The lowest BCUT2D eigenvalue weighted by molar-refractivity contribution is -0.0952. The smallest absolute Gasteiger partial charge is 0.314 e. The zero-order chi connectivity index (χ0) is 21.1. The number of imidazole rings is 1. The van der Waals surface area contributed by atoms with E-state index in [0.717, 1.165) is 34.9 Å². The Bertz CT molecular complexity index is 1050. The van der Waals surface area contributed by atoms with Gasteiger partial charge in [-0.2, -0.15) is 13.2 Å². The lowest BCUT2D eigenvalue weighted by Gasteiger charge is -2.23. The van der Waals surface area contributed by atoms with Crippen LogP contribution < -0.4 is 5.32 Å². The standard InChI is InChI=1S/C23H24F3N3S/c1-16(14-17-6-4-7-18(15-17)23(24,25)26)27-11-10-21-28-22(20-9-5-13-30-20)19-8-2-3-12-29(19)21/h2-9,12-13,16-17,27H,10-11,14-15H2,1H3. The van der Waals surface area contributed by atoms with Crippen molar-refractivity contribution in [1.29, 1.82) is 0 Å². The molecule has 0 amide bonds. The third-order valence-corrected chi connectivity index (χ3v) is 6.28. The monoisotopic (exact) mass is 431 g/mol. The third kappa shape index (κ3) is 4.68. The summed E-state index contributed by atoms with van der Waals surface area (Å²) < 4.78 is 41.0. The molecule has 3 nitrogen and oxygen atoms in total. The van der Waals surface area contributed by atoms with Crippen LogP contribution in [-0.2, 0) is 6.42 Å². The molecule has 4 rings (SSSR count). The Morgan fingerprint density at radius 2 is 2.13 bits per heavy atom. The van der Waals surface area contributed by atoms with Gasteiger partial charge in [0.2, 0.25) is 0 Å². The molecule has 1 aliphatic rings. The summed E-state index contributed by atoms with van der Waals surface area (Å²) in [6, 6.07) is 10.3. The summed E-state index contributed by atoms with van der Waals surface area (Å²) in [7, 11) is 0. The van der Waals surface area contributed by atoms with Crippen LogP contribution in [0.1, 0.15) is 25.6 Å². The van der Waals surface area contributed by atoms with Gasteiger partial charge in [-0.05, 0) is 49.3 Å². The van der Waals surface area contributed by atoms with Gasteiger partial charge in [0, 0.05) is 30.8 Å². The van der Waals surface area contributed by atoms with Crippen LogP contribution in [0, 0.1) is 5.92 Å². The van der Waals surface area contributed by atoms with Gasteiger partial charge in [-0.15, -0.1) is 11.3 Å². The van der Waals surface area contributed by atoms with Gasteiger partial charge in [0.1, 0.15) is 11.5 Å². The molecule has 2 atom stereocenters. The zero-order valence-electron chi connectivity index (χ0n) is 16.7. The van der Waals surface area contributed by atoms with Gasteiger partial charge in [0.25, 0.3) is 0 Å². The Morgan fingerprint density at radius 3 is 2.90 bits per heavy atom. The molecule has 0 spiro atoms. The first-order chi connectivity index (χ1) is 14.4. The highest BCUT2D eigenvalue weighted by molar-refractivity contribution is 7.13. The number of hydrogen-bond donors (Lipinski definition) is 1. The Morgan fingerprint density at radius 1 is 1.27 bits per heavy atom. The predicted octanol–water partition coefficient (Wildman–Crippen LogP) is 6.04. The SMILES string of the molecule is CC(CC1C=CC=C(C(F)(F)F)C1)NCCc1nc(-c2cccs2)c2ccccn12. The Hall–Kier alpha value is -2.38. The Kier molecular flexibility index (Phi) is 6.11. The van der Waals surface area contributed by atoms with Crippen molar-refractivity contribution in [3.05, 3.63) is 71.5 Å². The maximum absolute atomic E-state index is 12.9. The summed E-state index contributed by atoms with van der Waals surface area (Å²) in [6.45, 7) is 2.75. The summed E-state index contributed by atoms with van der Waals surface area (Å²) in [5, 5.41) is 5.50. The maximum Gasteiger partial charge on any atom is 0.412 e. The van der Waals surface area contributed by atoms with Crippen LogP contribution in [-0.4, -0.2) is 28.1 Å². The molecule has 0 aliphatic heterocycles. The third-order valence-electron chi connectivity index (χ3n) is 5.40. The average Bonchev–Trinajstić information content (AvgIpc) is 3.36. The zero-order valence-corrected chi connectivity index (χ0v) is 17.5. The number of alkyl halides is 3. The number of fused-ring (bicyclic) bond motifs is 1. The van der Waals surface area contributed by atoms with Crippen LogP contribution in [0.4, 0.5) is 13.2 Å². The number of nitrogens with zero attached hydrogens (tertiary/aromatic N) is 2. The second kappa shape index (κ2) is 8.78. The molecule has 158 valence electrons. The van der Waals surface area contributed by atoms with Crippen LogP contribution in [0.25, 0.3) is 16.1 Å². The number of rotatable bonds is 7. The molecular formula is C23H24F3N3S. The van der Waals surface area contributed by atoms with E-state index in [-0.39, 0.29) is 18.4 Å². The average molecular weight is 432 g/mol. The van der Waals surface area contributed by atoms with Gasteiger partial charge in [0.15, 0.2) is 0 Å². The summed E-state index contributed by atoms with van der Waals surface area (Å²) in [6.07, 6.45) is 3.86. The summed E-state index contributed by atoms with van der Waals surface area (Å²) >= 11 is 1.67. The van der Waals surface area contributed by atoms with E-state index in [0.29, 0.717) is 6.42 Å². The van der Waals surface area contributed by atoms with Gasteiger partial charge in [-0.1, -0.05) is 30.4 Å². The molecule has 2 unspecified atom stereocenters. The molecule has 3 aromatic heterocycles. The second-order valence-corrected chi connectivity index (χ2v) is 8.64. The van der Waals surface area contributed by atoms with Crippen molar-refractivity contribution in [3.8, 4) is 10.6 Å². The topological polar surface area (TPSA) is 29.3 Å². The van der Waals surface area contributed by atoms with Gasteiger partial charge in [0.05, 0.1) is 10.4 Å². The molecule has 0 radical (unpaired) electrons. The number of aromatic nitrogens is 2. The first-order valence-electron chi connectivity index (χ1n) is 10.1. The number of allylic oxidation sites excluding steroid dienone is 4. The fraction of sp³-hybridized carbons (Fsp3) is 0.348. The van der Waals surface area contributed by atoms with E-state index in [2.05, 4.69) is 21.9 Å². The van der Waals surface area contributed by atoms with E-state index in [1.807, 2.05) is 42.8 Å². The van der Waals surface area contributed by atoms with E-state index in [9.17, 15) is 13.2 Å². The van der Waals surface area contributed by atoms with E-state index < -0.39 is 11.7 Å². The molecule has 3 heterocycles. The molecule has 1 aliphatic carbocycles. The number of nitrogens with one attached hydrogen (secondary N) is 1. The highest BCUT2D eigenvalue weighted by Crippen LogP contribution is 2.34. The minimum absolute atomic E-state index is 0.0566. The number of thiophene rings is 1. The minimum atomic E-state index is -4.23. The van der Waals surface area contributed by atoms with Crippen molar-refractivity contribution in [2.24, 2.45) is 5.92 Å². The van der Waals surface area contributed by atoms with E-state index in [4.69, 9.17) is 4.98 Å². The highest BCUT2D eigenvalue weighted by Gasteiger charge is 2.35. The highest BCUT2D eigenvalue weighted by atomic mass is 32.1. The quantitative estimate of drug-likeness (QED) is 0.494. The summed E-state index contributed by atoms with van der Waals surface area (Å²) in [4.78, 5) is 6.01. The molecule has 0 saturated carbocycles. The maximum atomic E-state index is 12.9. The summed E-state index contributed by atoms with van der Waals surface area (Å²) in [5.41, 5.74) is 1.64. The number of halogens is 3. The Labute approximate surface area is 178 Å². The first kappa shape index (κ1) is 20.9. The van der Waals surface area contributed by atoms with Crippen molar-refractivity contribution in [2.75, 3.05) is 6.54 Å². The molecule has 1 N–H and O–H groups in total. The normalized spacial score (nSPS) is 18.0. The Balaban J connectivity index is 1.35. The van der Waals surface area contributed by atoms with Crippen LogP contribution in [0.15, 0.2) is 65.7 Å². The van der Waals surface area contributed by atoms with Gasteiger partial charge in [-0.25, -0.2) is 4.98 Å². The molecular weight excluding hydrogens is 407 g/mol. The van der Waals surface area contributed by atoms with Crippen molar-refractivity contribution < 1.29 is 13.2 Å². The van der Waals surface area contributed by atoms with E-state index >= 15 is 0 Å². The molecule has 0 saturated heterocycles. The van der Waals surface area contributed by atoms with Gasteiger partial charge in [-0.3, -0.25) is 0 Å². The van der Waals surface area contributed by atoms with E-state index in [1.165, 1.54) is 12.2 Å². The second-order valence-electron chi connectivity index (χ2n) is 7.69. The fourth-order valence-corrected chi connectivity index (χ4v) is 4.68. The number of pyridine rings is 1. The van der Waals surface area contributed by atoms with E-state index in [1.54, 1.807) is 11.3 Å². The fourth-order valence-electron chi connectivity index (χ4n) is 3.96. The first-order valence-corrected chi connectivity index (χ1v) is 11.0. The van der Waals surface area contributed by atoms with Gasteiger partial charge >= 0.3 is 6.18 Å². The molecule has 0 bridgehead atoms. The van der Waals surface area contributed by atoms with Crippen LogP contribution >= 0.6 is 11.3 Å². The summed E-state index contributed by atoms with van der Waals surface area (Å²) in [5.74, 6) is 0.889. The molecule has 30 heavy (non-hydrogen) atoms. The van der Waals surface area contributed by atoms with Crippen molar-refractivity contribution in [1.82, 2.24) is 14.7 Å². The molecule has 0 aromatic carbocycles. The van der Waals surface area contributed by atoms with Crippen LogP contribution in [0.2, 0.25) is 0 Å². The van der Waals surface area contributed by atoms with Crippen LogP contribution in [0.3, 0.4) is 0 Å². The lowest BCUT2D eigenvalue weighted by atomic mass is 9.89. The molecule has 3 aromatic rings. The number of hydrogen-bond acceptors (Lipinski definition) is 3. The van der Waals surface area contributed by atoms with Gasteiger partial charge < -0.3 is 9.72 Å². The largest absolute Gasteiger partial charge is 0.412 e. The lowest BCUT2D eigenvalue weighted by Crippen LogP contribution is -2.31. The predicted molar refractivity (Wildman–Crippen MR) is 116 cm³/mol. The molecule has 7 heteroatoms. The van der Waals surface area contributed by atoms with Crippen molar-refractivity contribution in [2.45, 2.75) is 38.4 Å².